The van der Waals surface area contributed by atoms with E-state index in [1.165, 1.54) is 12.8 Å². The number of likely N-dealkylation sites (tertiary alicyclic amines) is 1. The quantitative estimate of drug-likeness (QED) is 0.881. The summed E-state index contributed by atoms with van der Waals surface area (Å²) in [5.74, 6) is 0.696. The number of rotatable bonds is 4. The van der Waals surface area contributed by atoms with Crippen molar-refractivity contribution in [2.45, 2.75) is 44.6 Å². The van der Waals surface area contributed by atoms with Crippen LogP contribution in [0.5, 0.6) is 5.75 Å². The van der Waals surface area contributed by atoms with Crippen molar-refractivity contribution in [3.05, 3.63) is 24.3 Å². The standard InChI is InChI=1S/C19H27N3O3/c1-25-17-10-4-9-16(12-17)21-19(24)22-11-5-6-14(13-22)18(23)20-15-7-2-3-8-15/h4,9-10,12,14-15H,2-3,5-8,11,13H2,1H3,(H,20,23)(H,21,24)/t14-/m0/s1. The van der Waals surface area contributed by atoms with Crippen LogP contribution in [0.4, 0.5) is 10.5 Å². The third-order valence-electron chi connectivity index (χ3n) is 5.10. The summed E-state index contributed by atoms with van der Waals surface area (Å²) in [6.45, 7) is 1.16. The van der Waals surface area contributed by atoms with Crippen LogP contribution in [-0.4, -0.2) is 43.1 Å². The third kappa shape index (κ3) is 4.65. The fourth-order valence-corrected chi connectivity index (χ4v) is 3.67. The van der Waals surface area contributed by atoms with Crippen LogP contribution < -0.4 is 15.4 Å². The second-order valence-corrected chi connectivity index (χ2v) is 6.94. The predicted molar refractivity (Wildman–Crippen MR) is 96.7 cm³/mol. The van der Waals surface area contributed by atoms with Gasteiger partial charge in [-0.2, -0.15) is 0 Å². The van der Waals surface area contributed by atoms with E-state index in [4.69, 9.17) is 4.74 Å². The minimum absolute atomic E-state index is 0.103. The number of carbonyl (C=O) groups is 2. The van der Waals surface area contributed by atoms with Gasteiger partial charge in [0.2, 0.25) is 5.91 Å². The van der Waals surface area contributed by atoms with Gasteiger partial charge in [0.05, 0.1) is 13.0 Å². The summed E-state index contributed by atoms with van der Waals surface area (Å²) in [7, 11) is 1.60. The molecule has 1 saturated carbocycles. The lowest BCUT2D eigenvalue weighted by molar-refractivity contribution is -0.126. The molecule has 2 N–H and O–H groups in total. The minimum atomic E-state index is -0.161. The van der Waals surface area contributed by atoms with Gasteiger partial charge >= 0.3 is 6.03 Å². The Balaban J connectivity index is 1.54. The molecule has 0 radical (unpaired) electrons. The van der Waals surface area contributed by atoms with E-state index < -0.39 is 0 Å². The zero-order chi connectivity index (χ0) is 17.6. The van der Waals surface area contributed by atoms with Crippen molar-refractivity contribution in [3.8, 4) is 5.75 Å². The first-order chi connectivity index (χ1) is 12.2. The number of benzene rings is 1. The predicted octanol–water partition coefficient (Wildman–Crippen LogP) is 3.00. The largest absolute Gasteiger partial charge is 0.497 e. The van der Waals surface area contributed by atoms with Crippen molar-refractivity contribution in [1.82, 2.24) is 10.2 Å². The summed E-state index contributed by atoms with van der Waals surface area (Å²) < 4.78 is 5.18. The first-order valence-corrected chi connectivity index (χ1v) is 9.16. The fourth-order valence-electron chi connectivity index (χ4n) is 3.67. The number of piperidine rings is 1. The lowest BCUT2D eigenvalue weighted by Crippen LogP contribution is -2.48. The molecule has 0 bridgehead atoms. The van der Waals surface area contributed by atoms with Crippen molar-refractivity contribution >= 4 is 17.6 Å². The minimum Gasteiger partial charge on any atom is -0.497 e. The molecule has 3 amide bonds. The van der Waals surface area contributed by atoms with Crippen molar-refractivity contribution in [2.75, 3.05) is 25.5 Å². The van der Waals surface area contributed by atoms with Crippen LogP contribution in [0.1, 0.15) is 38.5 Å². The van der Waals surface area contributed by atoms with Gasteiger partial charge in [0.1, 0.15) is 5.75 Å². The normalized spacial score (nSPS) is 21.0. The van der Waals surface area contributed by atoms with Gasteiger partial charge in [-0.05, 0) is 37.8 Å². The molecule has 1 aliphatic heterocycles. The molecule has 0 spiro atoms. The molecule has 1 heterocycles. The van der Waals surface area contributed by atoms with Crippen molar-refractivity contribution in [1.29, 1.82) is 0 Å². The SMILES string of the molecule is COc1cccc(NC(=O)N2CCC[C@H](C(=O)NC3CCCC3)C2)c1. The topological polar surface area (TPSA) is 70.7 Å². The average Bonchev–Trinajstić information content (AvgIpc) is 3.15. The van der Waals surface area contributed by atoms with E-state index in [9.17, 15) is 9.59 Å². The smallest absolute Gasteiger partial charge is 0.321 e. The Kier molecular flexibility index (Phi) is 5.79. The highest BCUT2D eigenvalue weighted by atomic mass is 16.5. The van der Waals surface area contributed by atoms with Crippen LogP contribution >= 0.6 is 0 Å². The Hall–Kier alpha value is -2.24. The number of urea groups is 1. The Bertz CT molecular complexity index is 614. The van der Waals surface area contributed by atoms with E-state index in [1.807, 2.05) is 18.2 Å². The Morgan fingerprint density at radius 3 is 2.72 bits per heavy atom. The van der Waals surface area contributed by atoms with Gasteiger partial charge in [-0.1, -0.05) is 18.9 Å². The van der Waals surface area contributed by atoms with Crippen LogP contribution in [0.3, 0.4) is 0 Å². The number of hydrogen-bond donors (Lipinski definition) is 2. The molecule has 1 aliphatic carbocycles. The molecule has 1 aromatic carbocycles. The van der Waals surface area contributed by atoms with Gasteiger partial charge in [-0.3, -0.25) is 4.79 Å². The molecule has 2 fully saturated rings. The Morgan fingerprint density at radius 1 is 1.16 bits per heavy atom. The number of nitrogens with zero attached hydrogens (tertiary/aromatic N) is 1. The van der Waals surface area contributed by atoms with Crippen LogP contribution in [0.2, 0.25) is 0 Å². The molecular formula is C19H27N3O3. The summed E-state index contributed by atoms with van der Waals surface area (Å²) in [6.07, 6.45) is 6.27. The molecule has 136 valence electrons. The summed E-state index contributed by atoms with van der Waals surface area (Å²) in [4.78, 5) is 26.7. The monoisotopic (exact) mass is 345 g/mol. The number of methoxy groups -OCH3 is 1. The highest BCUT2D eigenvalue weighted by Gasteiger charge is 2.30. The van der Waals surface area contributed by atoms with E-state index in [0.29, 0.717) is 30.6 Å². The van der Waals surface area contributed by atoms with Crippen molar-refractivity contribution in [2.24, 2.45) is 5.92 Å². The summed E-state index contributed by atoms with van der Waals surface area (Å²) in [5.41, 5.74) is 0.696. The van der Waals surface area contributed by atoms with Gasteiger partial charge in [-0.25, -0.2) is 4.79 Å². The third-order valence-corrected chi connectivity index (χ3v) is 5.10. The van der Waals surface area contributed by atoms with Crippen LogP contribution in [0.15, 0.2) is 24.3 Å². The summed E-state index contributed by atoms with van der Waals surface area (Å²) >= 11 is 0. The Labute approximate surface area is 148 Å². The molecule has 25 heavy (non-hydrogen) atoms. The molecule has 6 nitrogen and oxygen atoms in total. The zero-order valence-electron chi connectivity index (χ0n) is 14.8. The van der Waals surface area contributed by atoms with Crippen molar-refractivity contribution < 1.29 is 14.3 Å². The molecule has 1 atom stereocenters. The van der Waals surface area contributed by atoms with Gasteiger partial charge in [0.15, 0.2) is 0 Å². The molecule has 1 saturated heterocycles. The van der Waals surface area contributed by atoms with E-state index in [-0.39, 0.29) is 17.9 Å². The molecule has 2 aliphatic rings. The van der Waals surface area contributed by atoms with Gasteiger partial charge in [0.25, 0.3) is 0 Å². The highest BCUT2D eigenvalue weighted by Crippen LogP contribution is 2.22. The van der Waals surface area contributed by atoms with Crippen LogP contribution in [0.25, 0.3) is 0 Å². The maximum absolute atomic E-state index is 12.5. The average molecular weight is 345 g/mol. The molecule has 0 unspecified atom stereocenters. The lowest BCUT2D eigenvalue weighted by Gasteiger charge is -2.32. The van der Waals surface area contributed by atoms with Crippen LogP contribution in [0, 0.1) is 5.92 Å². The summed E-state index contributed by atoms with van der Waals surface area (Å²) in [5, 5.41) is 6.05. The molecular weight excluding hydrogens is 318 g/mol. The van der Waals surface area contributed by atoms with Gasteiger partial charge in [-0.15, -0.1) is 0 Å². The first-order valence-electron chi connectivity index (χ1n) is 9.16. The van der Waals surface area contributed by atoms with E-state index in [2.05, 4.69) is 10.6 Å². The maximum atomic E-state index is 12.5. The number of ether oxygens (including phenoxy) is 1. The van der Waals surface area contributed by atoms with Gasteiger partial charge in [0, 0.05) is 30.9 Å². The highest BCUT2D eigenvalue weighted by molar-refractivity contribution is 5.90. The number of carbonyl (C=O) groups excluding carboxylic acids is 2. The second-order valence-electron chi connectivity index (χ2n) is 6.94. The van der Waals surface area contributed by atoms with E-state index in [0.717, 1.165) is 25.7 Å². The molecule has 0 aromatic heterocycles. The van der Waals surface area contributed by atoms with E-state index >= 15 is 0 Å². The van der Waals surface area contributed by atoms with Crippen molar-refractivity contribution in [3.63, 3.8) is 0 Å². The fraction of sp³-hybridized carbons (Fsp3) is 0.579. The van der Waals surface area contributed by atoms with E-state index in [1.54, 1.807) is 18.1 Å². The lowest BCUT2D eigenvalue weighted by atomic mass is 9.97. The van der Waals surface area contributed by atoms with Gasteiger partial charge < -0.3 is 20.3 Å². The summed E-state index contributed by atoms with van der Waals surface area (Å²) in [6, 6.07) is 7.45. The molecule has 1 aromatic rings. The van der Waals surface area contributed by atoms with Crippen LogP contribution in [-0.2, 0) is 4.79 Å². The molecule has 3 rings (SSSR count). The zero-order valence-corrected chi connectivity index (χ0v) is 14.8. The second kappa shape index (κ2) is 8.23. The number of amides is 3. The Morgan fingerprint density at radius 2 is 1.96 bits per heavy atom. The maximum Gasteiger partial charge on any atom is 0.321 e. The molecule has 6 heteroatoms. The number of nitrogens with one attached hydrogen (secondary N) is 2. The first kappa shape index (κ1) is 17.6. The number of hydrogen-bond acceptors (Lipinski definition) is 3. The number of anilines is 1.